The third-order valence-electron chi connectivity index (χ3n) is 6.35. The van der Waals surface area contributed by atoms with Gasteiger partial charge in [0.1, 0.15) is 5.56 Å². The molecule has 3 aliphatic rings. The lowest BCUT2D eigenvalue weighted by molar-refractivity contribution is -0.139. The van der Waals surface area contributed by atoms with E-state index >= 15 is 0 Å². The highest BCUT2D eigenvalue weighted by atomic mass is 16.2. The largest absolute Gasteiger partial charge is 0.339 e. The van der Waals surface area contributed by atoms with Gasteiger partial charge in [0.25, 0.3) is 5.91 Å². The molecule has 1 atom stereocenters. The fourth-order valence-electron chi connectivity index (χ4n) is 4.77. The molecule has 0 bridgehead atoms. The van der Waals surface area contributed by atoms with E-state index in [2.05, 4.69) is 15.0 Å². The Morgan fingerprint density at radius 3 is 2.89 bits per heavy atom. The molecule has 2 aromatic heterocycles. The van der Waals surface area contributed by atoms with E-state index in [0.717, 1.165) is 57.3 Å². The summed E-state index contributed by atoms with van der Waals surface area (Å²) in [5.74, 6) is 0.309. The predicted molar refractivity (Wildman–Crippen MR) is 99.3 cm³/mol. The third kappa shape index (κ3) is 2.89. The highest BCUT2D eigenvalue weighted by Gasteiger charge is 2.46. The highest BCUT2D eigenvalue weighted by molar-refractivity contribution is 5.99. The minimum Gasteiger partial charge on any atom is -0.339 e. The summed E-state index contributed by atoms with van der Waals surface area (Å²) in [6.45, 7) is 4.26. The van der Waals surface area contributed by atoms with Crippen molar-refractivity contribution in [1.82, 2.24) is 24.4 Å². The Morgan fingerprint density at radius 2 is 2.07 bits per heavy atom. The van der Waals surface area contributed by atoms with E-state index in [4.69, 9.17) is 0 Å². The molecular formula is C20H25N5O2. The quantitative estimate of drug-likeness (QED) is 0.814. The Balaban J connectivity index is 1.38. The SMILES string of the molecule is Cc1cnc2c(C(=O)N3CCC[C@@]4(CCC(=O)N(C5CC5)C4)C3)cnn2c1. The summed E-state index contributed by atoms with van der Waals surface area (Å²) in [5, 5.41) is 4.31. The van der Waals surface area contributed by atoms with Crippen molar-refractivity contribution < 1.29 is 9.59 Å². The molecule has 0 N–H and O–H groups in total. The number of rotatable bonds is 2. The van der Waals surface area contributed by atoms with E-state index in [9.17, 15) is 9.59 Å². The van der Waals surface area contributed by atoms with Crippen LogP contribution in [0.25, 0.3) is 5.65 Å². The van der Waals surface area contributed by atoms with Crippen molar-refractivity contribution in [3.63, 3.8) is 0 Å². The van der Waals surface area contributed by atoms with E-state index in [0.29, 0.717) is 29.6 Å². The average molecular weight is 367 g/mol. The number of piperidine rings is 2. The van der Waals surface area contributed by atoms with Crippen molar-refractivity contribution in [2.45, 2.75) is 51.5 Å². The van der Waals surface area contributed by atoms with Gasteiger partial charge < -0.3 is 9.80 Å². The van der Waals surface area contributed by atoms with Crippen LogP contribution in [0, 0.1) is 12.3 Å². The van der Waals surface area contributed by atoms with Crippen LogP contribution < -0.4 is 0 Å². The summed E-state index contributed by atoms with van der Waals surface area (Å²) in [4.78, 5) is 34.0. The fraction of sp³-hybridized carbons (Fsp3) is 0.600. The first-order chi connectivity index (χ1) is 13.0. The zero-order chi connectivity index (χ0) is 18.6. The smallest absolute Gasteiger partial charge is 0.259 e. The number of likely N-dealkylation sites (tertiary alicyclic amines) is 2. The number of amides is 2. The molecule has 1 aliphatic carbocycles. The number of fused-ring (bicyclic) bond motifs is 1. The van der Waals surface area contributed by atoms with Gasteiger partial charge in [0.2, 0.25) is 5.91 Å². The minimum absolute atomic E-state index is 0.00954. The maximum absolute atomic E-state index is 13.2. The van der Waals surface area contributed by atoms with Crippen LogP contribution >= 0.6 is 0 Å². The van der Waals surface area contributed by atoms with Crippen LogP contribution in [0.1, 0.15) is 54.4 Å². The molecule has 7 heteroatoms. The van der Waals surface area contributed by atoms with Gasteiger partial charge in [-0.05, 0) is 44.6 Å². The molecule has 142 valence electrons. The molecule has 0 radical (unpaired) electrons. The molecule has 4 heterocycles. The number of hydrogen-bond donors (Lipinski definition) is 0. The first-order valence-electron chi connectivity index (χ1n) is 9.93. The minimum atomic E-state index is 0.00954. The molecular weight excluding hydrogens is 342 g/mol. The highest BCUT2D eigenvalue weighted by Crippen LogP contribution is 2.42. The summed E-state index contributed by atoms with van der Waals surface area (Å²) >= 11 is 0. The Labute approximate surface area is 158 Å². The van der Waals surface area contributed by atoms with Gasteiger partial charge in [-0.3, -0.25) is 9.59 Å². The normalized spacial score (nSPS) is 26.2. The second kappa shape index (κ2) is 6.04. The van der Waals surface area contributed by atoms with Crippen LogP contribution in [0.5, 0.6) is 0 Å². The second-order valence-electron chi connectivity index (χ2n) is 8.54. The molecule has 27 heavy (non-hydrogen) atoms. The first kappa shape index (κ1) is 16.7. The molecule has 7 nitrogen and oxygen atoms in total. The van der Waals surface area contributed by atoms with Gasteiger partial charge in [-0.15, -0.1) is 0 Å². The molecule has 2 aliphatic heterocycles. The summed E-state index contributed by atoms with van der Waals surface area (Å²) in [5.41, 5.74) is 2.24. The van der Waals surface area contributed by atoms with Gasteiger partial charge in [-0.1, -0.05) is 0 Å². The van der Waals surface area contributed by atoms with Gasteiger partial charge in [-0.2, -0.15) is 5.10 Å². The van der Waals surface area contributed by atoms with E-state index < -0.39 is 0 Å². The molecule has 1 saturated carbocycles. The topological polar surface area (TPSA) is 70.8 Å². The van der Waals surface area contributed by atoms with E-state index in [-0.39, 0.29) is 11.3 Å². The molecule has 3 fully saturated rings. The summed E-state index contributed by atoms with van der Waals surface area (Å²) in [6, 6.07) is 0.452. The van der Waals surface area contributed by atoms with Crippen molar-refractivity contribution in [3.05, 3.63) is 29.7 Å². The number of nitrogens with zero attached hydrogens (tertiary/aromatic N) is 5. The van der Waals surface area contributed by atoms with Crippen molar-refractivity contribution in [1.29, 1.82) is 0 Å². The Morgan fingerprint density at radius 1 is 1.22 bits per heavy atom. The standard InChI is InChI=1S/C20H25N5O2/c1-14-9-21-18-16(10-22-25(18)11-14)19(27)23-8-2-6-20(12-23)7-5-17(26)24(13-20)15-3-4-15/h9-11,15H,2-8,12-13H2,1H3/t20-/m1/s1. The lowest BCUT2D eigenvalue weighted by atomic mass is 9.73. The van der Waals surface area contributed by atoms with Gasteiger partial charge in [0.05, 0.1) is 6.20 Å². The predicted octanol–water partition coefficient (Wildman–Crippen LogP) is 2.04. The lowest BCUT2D eigenvalue weighted by Gasteiger charge is -2.48. The van der Waals surface area contributed by atoms with Gasteiger partial charge in [0.15, 0.2) is 5.65 Å². The number of hydrogen-bond acceptors (Lipinski definition) is 4. The summed E-state index contributed by atoms with van der Waals surface area (Å²) in [7, 11) is 0. The van der Waals surface area contributed by atoms with Crippen LogP contribution in [0.4, 0.5) is 0 Å². The van der Waals surface area contributed by atoms with Gasteiger partial charge in [-0.25, -0.2) is 9.50 Å². The molecule has 0 aromatic carbocycles. The van der Waals surface area contributed by atoms with Crippen LogP contribution in [0.15, 0.2) is 18.6 Å². The van der Waals surface area contributed by atoms with Crippen molar-refractivity contribution >= 4 is 17.5 Å². The summed E-state index contributed by atoms with van der Waals surface area (Å²) < 4.78 is 1.68. The Kier molecular flexibility index (Phi) is 3.74. The zero-order valence-corrected chi connectivity index (χ0v) is 15.7. The first-order valence-corrected chi connectivity index (χ1v) is 9.93. The molecule has 5 rings (SSSR count). The number of carbonyl (C=O) groups is 2. The molecule has 2 aromatic rings. The van der Waals surface area contributed by atoms with Gasteiger partial charge >= 0.3 is 0 Å². The van der Waals surface area contributed by atoms with E-state index in [1.807, 2.05) is 18.0 Å². The molecule has 0 unspecified atom stereocenters. The molecule has 1 spiro atoms. The summed E-state index contributed by atoms with van der Waals surface area (Å²) in [6.07, 6.45) is 11.2. The monoisotopic (exact) mass is 367 g/mol. The van der Waals surface area contributed by atoms with Crippen molar-refractivity contribution in [2.24, 2.45) is 5.41 Å². The van der Waals surface area contributed by atoms with Crippen LogP contribution in [0.2, 0.25) is 0 Å². The maximum Gasteiger partial charge on any atom is 0.259 e. The molecule has 2 amide bonds. The average Bonchev–Trinajstić information content (AvgIpc) is 3.43. The second-order valence-corrected chi connectivity index (χ2v) is 8.54. The van der Waals surface area contributed by atoms with Crippen LogP contribution in [-0.2, 0) is 4.79 Å². The van der Waals surface area contributed by atoms with Crippen LogP contribution in [0.3, 0.4) is 0 Å². The molecule has 2 saturated heterocycles. The Hall–Kier alpha value is -2.44. The van der Waals surface area contributed by atoms with Gasteiger partial charge in [0, 0.05) is 49.9 Å². The maximum atomic E-state index is 13.2. The van der Waals surface area contributed by atoms with E-state index in [1.54, 1.807) is 16.9 Å². The van der Waals surface area contributed by atoms with Crippen molar-refractivity contribution in [2.75, 3.05) is 19.6 Å². The number of aromatic nitrogens is 3. The van der Waals surface area contributed by atoms with Crippen LogP contribution in [-0.4, -0.2) is 61.9 Å². The third-order valence-corrected chi connectivity index (χ3v) is 6.35. The lowest BCUT2D eigenvalue weighted by Crippen LogP contribution is -2.55. The Bertz CT molecular complexity index is 918. The number of carbonyl (C=O) groups excluding carboxylic acids is 2. The number of aryl methyl sites for hydroxylation is 1. The zero-order valence-electron chi connectivity index (χ0n) is 15.7. The van der Waals surface area contributed by atoms with E-state index in [1.165, 1.54) is 0 Å². The fourth-order valence-corrected chi connectivity index (χ4v) is 4.77. The van der Waals surface area contributed by atoms with Crippen molar-refractivity contribution in [3.8, 4) is 0 Å².